The van der Waals surface area contributed by atoms with E-state index in [1.165, 1.54) is 7.11 Å². The molecule has 0 radical (unpaired) electrons. The Hall–Kier alpha value is -0.980. The molecule has 0 spiro atoms. The summed E-state index contributed by atoms with van der Waals surface area (Å²) < 4.78 is 42.6. The van der Waals surface area contributed by atoms with Crippen molar-refractivity contribution in [1.82, 2.24) is 0 Å². The molecule has 1 aromatic rings. The topological polar surface area (TPSA) is 44.5 Å². The molecule has 3 nitrogen and oxygen atoms in total. The molecule has 0 aliphatic carbocycles. The van der Waals surface area contributed by atoms with Gasteiger partial charge in [-0.3, -0.25) is 4.84 Å². The van der Waals surface area contributed by atoms with Crippen molar-refractivity contribution >= 4 is 11.6 Å². The molecule has 0 aromatic heterocycles. The Balaban J connectivity index is 3.31. The maximum absolute atomic E-state index is 12.6. The Morgan fingerprint density at radius 3 is 2.44 bits per heavy atom. The lowest BCUT2D eigenvalue weighted by atomic mass is 10.1. The Kier molecular flexibility index (Phi) is 4.01. The standard InChI is InChI=1S/C9H9ClF3NO2/c1-15-8-3-6(9(11,12)13)5(4-16-14)2-7(8)10/h2-3H,4,14H2,1H3. The summed E-state index contributed by atoms with van der Waals surface area (Å²) in [5.74, 6) is 4.71. The van der Waals surface area contributed by atoms with Crippen molar-refractivity contribution in [3.8, 4) is 5.75 Å². The summed E-state index contributed by atoms with van der Waals surface area (Å²) in [6, 6.07) is 1.94. The first kappa shape index (κ1) is 13.1. The normalized spacial score (nSPS) is 11.6. The lowest BCUT2D eigenvalue weighted by molar-refractivity contribution is -0.139. The maximum atomic E-state index is 12.6. The molecule has 7 heteroatoms. The highest BCUT2D eigenvalue weighted by atomic mass is 35.5. The fraction of sp³-hybridized carbons (Fsp3) is 0.333. The Labute approximate surface area is 94.8 Å². The number of nitrogens with two attached hydrogens (primary N) is 1. The van der Waals surface area contributed by atoms with Gasteiger partial charge in [-0.2, -0.15) is 13.2 Å². The van der Waals surface area contributed by atoms with E-state index < -0.39 is 11.7 Å². The van der Waals surface area contributed by atoms with Gasteiger partial charge in [0, 0.05) is 0 Å². The second kappa shape index (κ2) is 4.90. The quantitative estimate of drug-likeness (QED) is 0.845. The van der Waals surface area contributed by atoms with Gasteiger partial charge in [0.05, 0.1) is 24.3 Å². The first-order chi connectivity index (χ1) is 7.40. The summed E-state index contributed by atoms with van der Waals surface area (Å²) in [6.45, 7) is -0.376. The van der Waals surface area contributed by atoms with E-state index >= 15 is 0 Å². The van der Waals surface area contributed by atoms with Crippen LogP contribution in [0.5, 0.6) is 5.75 Å². The van der Waals surface area contributed by atoms with Crippen LogP contribution in [0.1, 0.15) is 11.1 Å². The summed E-state index contributed by atoms with van der Waals surface area (Å²) in [5.41, 5.74) is -1.01. The summed E-state index contributed by atoms with van der Waals surface area (Å²) in [6.07, 6.45) is -4.51. The fourth-order valence-electron chi connectivity index (χ4n) is 1.22. The van der Waals surface area contributed by atoms with Gasteiger partial charge in [-0.1, -0.05) is 11.6 Å². The van der Waals surface area contributed by atoms with Crippen molar-refractivity contribution in [3.63, 3.8) is 0 Å². The molecule has 90 valence electrons. The molecule has 0 fully saturated rings. The average molecular weight is 256 g/mol. The van der Waals surface area contributed by atoms with E-state index in [0.29, 0.717) is 0 Å². The van der Waals surface area contributed by atoms with Crippen LogP contribution in [0.15, 0.2) is 12.1 Å². The number of benzene rings is 1. The third-order valence-electron chi connectivity index (χ3n) is 1.92. The first-order valence-electron chi connectivity index (χ1n) is 4.15. The predicted molar refractivity (Wildman–Crippen MR) is 52.0 cm³/mol. The molecule has 1 aromatic carbocycles. The summed E-state index contributed by atoms with van der Waals surface area (Å²) in [5, 5.41) is 0.0718. The minimum Gasteiger partial charge on any atom is -0.495 e. The van der Waals surface area contributed by atoms with Gasteiger partial charge in [0.25, 0.3) is 0 Å². The molecule has 0 amide bonds. The second-order valence-electron chi connectivity index (χ2n) is 2.95. The molecule has 0 heterocycles. The van der Waals surface area contributed by atoms with Crippen LogP contribution in [0.3, 0.4) is 0 Å². The number of methoxy groups -OCH3 is 1. The third kappa shape index (κ3) is 2.78. The zero-order valence-corrected chi connectivity index (χ0v) is 9.02. The predicted octanol–water partition coefficient (Wildman–Crippen LogP) is 2.76. The van der Waals surface area contributed by atoms with E-state index in [9.17, 15) is 13.2 Å². The van der Waals surface area contributed by atoms with Crippen LogP contribution in [0.4, 0.5) is 13.2 Å². The van der Waals surface area contributed by atoms with Gasteiger partial charge in [-0.25, -0.2) is 5.90 Å². The smallest absolute Gasteiger partial charge is 0.416 e. The van der Waals surface area contributed by atoms with Crippen LogP contribution in [0, 0.1) is 0 Å². The number of halogens is 4. The largest absolute Gasteiger partial charge is 0.495 e. The molecule has 0 saturated heterocycles. The third-order valence-corrected chi connectivity index (χ3v) is 2.22. The van der Waals surface area contributed by atoms with Crippen LogP contribution >= 0.6 is 11.6 Å². The van der Waals surface area contributed by atoms with E-state index in [1.54, 1.807) is 0 Å². The highest BCUT2D eigenvalue weighted by molar-refractivity contribution is 6.32. The molecule has 0 aliphatic rings. The van der Waals surface area contributed by atoms with E-state index in [1.807, 2.05) is 0 Å². The minimum absolute atomic E-state index is 0.0465. The lowest BCUT2D eigenvalue weighted by Crippen LogP contribution is -2.12. The van der Waals surface area contributed by atoms with Gasteiger partial charge in [0.15, 0.2) is 0 Å². The van der Waals surface area contributed by atoms with Crippen molar-refractivity contribution in [2.24, 2.45) is 5.90 Å². The van der Waals surface area contributed by atoms with Crippen LogP contribution < -0.4 is 10.6 Å². The van der Waals surface area contributed by atoms with Crippen molar-refractivity contribution in [1.29, 1.82) is 0 Å². The van der Waals surface area contributed by atoms with Crippen molar-refractivity contribution in [3.05, 3.63) is 28.3 Å². The number of alkyl halides is 3. The second-order valence-corrected chi connectivity index (χ2v) is 3.36. The van der Waals surface area contributed by atoms with Gasteiger partial charge in [-0.15, -0.1) is 0 Å². The monoisotopic (exact) mass is 255 g/mol. The van der Waals surface area contributed by atoms with Crippen LogP contribution in [-0.2, 0) is 17.6 Å². The fourth-order valence-corrected chi connectivity index (χ4v) is 1.49. The van der Waals surface area contributed by atoms with Crippen molar-refractivity contribution in [2.75, 3.05) is 7.11 Å². The van der Waals surface area contributed by atoms with Gasteiger partial charge >= 0.3 is 6.18 Å². The summed E-state index contributed by atoms with van der Waals surface area (Å²) >= 11 is 5.70. The number of hydrogen-bond donors (Lipinski definition) is 1. The molecule has 1 rings (SSSR count). The molecule has 0 aliphatic heterocycles. The molecular weight excluding hydrogens is 247 g/mol. The molecule has 2 N–H and O–H groups in total. The lowest BCUT2D eigenvalue weighted by Gasteiger charge is -2.14. The molecule has 16 heavy (non-hydrogen) atoms. The summed E-state index contributed by atoms with van der Waals surface area (Å²) in [4.78, 5) is 4.19. The number of hydrogen-bond acceptors (Lipinski definition) is 3. The first-order valence-corrected chi connectivity index (χ1v) is 4.53. The molecule has 0 atom stereocenters. The number of ether oxygens (including phenoxy) is 1. The Bertz CT molecular complexity index is 382. The van der Waals surface area contributed by atoms with E-state index in [2.05, 4.69) is 4.84 Å². The summed E-state index contributed by atoms with van der Waals surface area (Å²) in [7, 11) is 1.24. The SMILES string of the molecule is COc1cc(C(F)(F)F)c(CON)cc1Cl. The highest BCUT2D eigenvalue weighted by Crippen LogP contribution is 2.37. The van der Waals surface area contributed by atoms with E-state index in [4.69, 9.17) is 22.2 Å². The average Bonchev–Trinajstić information content (AvgIpc) is 2.16. The molecular formula is C9H9ClF3NO2. The minimum atomic E-state index is -4.51. The van der Waals surface area contributed by atoms with Crippen molar-refractivity contribution < 1.29 is 22.7 Å². The highest BCUT2D eigenvalue weighted by Gasteiger charge is 2.34. The molecule has 0 saturated carbocycles. The van der Waals surface area contributed by atoms with E-state index in [0.717, 1.165) is 12.1 Å². The van der Waals surface area contributed by atoms with Crippen LogP contribution in [0.2, 0.25) is 5.02 Å². The van der Waals surface area contributed by atoms with Gasteiger partial charge < -0.3 is 4.74 Å². The Morgan fingerprint density at radius 1 is 1.38 bits per heavy atom. The van der Waals surface area contributed by atoms with Gasteiger partial charge in [-0.05, 0) is 17.7 Å². The van der Waals surface area contributed by atoms with Gasteiger partial charge in [0.1, 0.15) is 5.75 Å². The molecule has 0 unspecified atom stereocenters. The van der Waals surface area contributed by atoms with E-state index in [-0.39, 0.29) is 22.9 Å². The van der Waals surface area contributed by atoms with Crippen molar-refractivity contribution in [2.45, 2.75) is 12.8 Å². The molecule has 0 bridgehead atoms. The maximum Gasteiger partial charge on any atom is 0.416 e. The number of rotatable bonds is 3. The zero-order chi connectivity index (χ0) is 12.3. The van der Waals surface area contributed by atoms with Gasteiger partial charge in [0.2, 0.25) is 0 Å². The Morgan fingerprint density at radius 2 is 2.00 bits per heavy atom. The van der Waals surface area contributed by atoms with Crippen LogP contribution in [0.25, 0.3) is 0 Å². The zero-order valence-electron chi connectivity index (χ0n) is 8.27. The van der Waals surface area contributed by atoms with Crippen LogP contribution in [-0.4, -0.2) is 7.11 Å².